The maximum absolute atomic E-state index is 2.97. The van der Waals surface area contributed by atoms with Gasteiger partial charge in [0.2, 0.25) is 0 Å². The molecule has 0 atom stereocenters. The molecule has 0 saturated carbocycles. The van der Waals surface area contributed by atoms with Gasteiger partial charge in [0.15, 0.2) is 0 Å². The fraction of sp³-hybridized carbons (Fsp3) is 0. The molecule has 1 aromatic rings. The van der Waals surface area contributed by atoms with Gasteiger partial charge in [0.05, 0.1) is 0 Å². The van der Waals surface area contributed by atoms with E-state index in [1.54, 1.807) is 0 Å². The molecule has 0 N–H and O–H groups in total. The molecule has 0 radical (unpaired) electrons. The summed E-state index contributed by atoms with van der Waals surface area (Å²) < 4.78 is 2.97. The van der Waals surface area contributed by atoms with Crippen LogP contribution in [0.1, 0.15) is 5.56 Å². The summed E-state index contributed by atoms with van der Waals surface area (Å²) in [6.07, 6.45) is 1.96. The van der Waals surface area contributed by atoms with Gasteiger partial charge in [-0.1, -0.05) is 0 Å². The molecule has 0 amide bonds. The minimum atomic E-state index is 1.21. The average molecular weight is 230 g/mol. The summed E-state index contributed by atoms with van der Waals surface area (Å²) in [6.45, 7) is 0. The Morgan fingerprint density at radius 3 is 2.44 bits per heavy atom. The first-order chi connectivity index (χ1) is 4.43. The Balaban J connectivity index is 2.97. The molecule has 0 bridgehead atoms. The zero-order chi connectivity index (χ0) is 6.53. The van der Waals surface area contributed by atoms with Gasteiger partial charge in [0.1, 0.15) is 0 Å². The van der Waals surface area contributed by atoms with E-state index in [-0.39, 0.29) is 0 Å². The van der Waals surface area contributed by atoms with E-state index in [1.807, 2.05) is 46.1 Å². The van der Waals surface area contributed by atoms with Crippen LogP contribution in [0.3, 0.4) is 0 Å². The second kappa shape index (κ2) is 3.64. The zero-order valence-corrected chi connectivity index (χ0v) is 7.20. The number of rotatable bonds is 1. The van der Waals surface area contributed by atoms with E-state index in [4.69, 9.17) is 0 Å². The predicted octanol–water partition coefficient (Wildman–Crippen LogP) is 1.27. The number of benzene rings is 1. The van der Waals surface area contributed by atoms with Crippen LogP contribution in [0.5, 0.6) is 0 Å². The molecule has 0 fully saturated rings. The second-order valence-corrected chi connectivity index (χ2v) is 2.35. The van der Waals surface area contributed by atoms with Gasteiger partial charge in [-0.2, -0.15) is 0 Å². The molecule has 1 aromatic carbocycles. The Labute approximate surface area is 67.6 Å². The van der Waals surface area contributed by atoms with E-state index >= 15 is 0 Å². The van der Waals surface area contributed by atoms with Crippen LogP contribution in [0.2, 0.25) is 0 Å². The van der Waals surface area contributed by atoms with Gasteiger partial charge in [0.25, 0.3) is 0 Å². The fourth-order valence-electron chi connectivity index (χ4n) is 0.617. The normalized spacial score (nSPS) is 8.00. The minimum absolute atomic E-state index is 1.21. The Kier molecular flexibility index (Phi) is 2.74. The molecular weight excluding hydrogens is 224 g/mol. The van der Waals surface area contributed by atoms with Crippen molar-refractivity contribution in [3.63, 3.8) is 0 Å². The first-order valence-electron chi connectivity index (χ1n) is 2.69. The van der Waals surface area contributed by atoms with Gasteiger partial charge in [-0.15, -0.1) is 0 Å². The van der Waals surface area contributed by atoms with Crippen molar-refractivity contribution in [1.82, 2.24) is 0 Å². The quantitative estimate of drug-likeness (QED) is 0.637. The molecule has 0 aliphatic carbocycles. The van der Waals surface area contributed by atoms with E-state index in [2.05, 4.69) is 15.8 Å². The van der Waals surface area contributed by atoms with Crippen LogP contribution in [0.25, 0.3) is 6.08 Å². The van der Waals surface area contributed by atoms with Gasteiger partial charge in [0, 0.05) is 0 Å². The Morgan fingerprint density at radius 2 is 1.89 bits per heavy atom. The van der Waals surface area contributed by atoms with Crippen LogP contribution >= 0.6 is 0 Å². The summed E-state index contributed by atoms with van der Waals surface area (Å²) in [5, 5.41) is 0. The van der Waals surface area contributed by atoms with Crippen LogP contribution in [-0.4, -0.2) is 25.5 Å². The van der Waals surface area contributed by atoms with Gasteiger partial charge in [-0.3, -0.25) is 0 Å². The van der Waals surface area contributed by atoms with Gasteiger partial charge >= 0.3 is 67.5 Å². The summed E-state index contributed by atoms with van der Waals surface area (Å²) in [5.74, 6) is 0. The number of hydrogen-bond acceptors (Lipinski definition) is 0. The van der Waals surface area contributed by atoms with Crippen LogP contribution in [-0.2, 0) is 0 Å². The van der Waals surface area contributed by atoms with Crippen molar-refractivity contribution in [3.8, 4) is 0 Å². The first kappa shape index (κ1) is 6.78. The summed E-state index contributed by atoms with van der Waals surface area (Å²) >= 11 is 1.83. The summed E-state index contributed by atoms with van der Waals surface area (Å²) in [6, 6.07) is 10.2. The van der Waals surface area contributed by atoms with Crippen LogP contribution in [0, 0.1) is 0 Å². The Morgan fingerprint density at radius 1 is 1.22 bits per heavy atom. The Hall–Kier alpha value is -0.340. The van der Waals surface area contributed by atoms with Gasteiger partial charge < -0.3 is 0 Å². The van der Waals surface area contributed by atoms with Gasteiger partial charge in [-0.05, 0) is 0 Å². The number of hydrogen-bond donors (Lipinski definition) is 0. The monoisotopic (exact) mass is 232 g/mol. The summed E-state index contributed by atoms with van der Waals surface area (Å²) in [7, 11) is 0. The van der Waals surface area contributed by atoms with E-state index in [1.165, 1.54) is 5.56 Å². The van der Waals surface area contributed by atoms with Crippen molar-refractivity contribution in [3.05, 3.63) is 35.9 Å². The van der Waals surface area contributed by atoms with E-state index in [0.29, 0.717) is 0 Å². The molecule has 1 rings (SSSR count). The van der Waals surface area contributed by atoms with Crippen LogP contribution < -0.4 is 0 Å². The van der Waals surface area contributed by atoms with Crippen LogP contribution in [0.15, 0.2) is 30.3 Å². The molecule has 9 heavy (non-hydrogen) atoms. The maximum atomic E-state index is 2.97. The first-order valence-corrected chi connectivity index (χ1v) is 3.86. The predicted molar refractivity (Wildman–Crippen MR) is 41.7 cm³/mol. The fourth-order valence-corrected chi connectivity index (χ4v) is 1.01. The molecule has 0 aromatic heterocycles. The molecule has 0 heterocycles. The van der Waals surface area contributed by atoms with E-state index in [9.17, 15) is 0 Å². The molecule has 1 heteroatoms. The SMILES string of the molecule is [Te]=C=Cc1ccccc1. The summed E-state index contributed by atoms with van der Waals surface area (Å²) in [5.41, 5.74) is 1.21. The van der Waals surface area contributed by atoms with E-state index in [0.717, 1.165) is 0 Å². The van der Waals surface area contributed by atoms with Gasteiger partial charge in [-0.25, -0.2) is 0 Å². The average Bonchev–Trinajstić information content (AvgIpc) is 1.91. The van der Waals surface area contributed by atoms with Crippen molar-refractivity contribution in [2.75, 3.05) is 0 Å². The third kappa shape index (κ3) is 2.16. The molecule has 0 nitrogen and oxygen atoms in total. The molecule has 0 spiro atoms. The standard InChI is InChI=1S/C8H6Te/c9-7-6-8-4-2-1-3-5-8/h1-6H. The summed E-state index contributed by atoms with van der Waals surface area (Å²) in [4.78, 5) is 0. The topological polar surface area (TPSA) is 0 Å². The third-order valence-corrected chi connectivity index (χ3v) is 1.36. The van der Waals surface area contributed by atoms with Crippen molar-refractivity contribution in [2.24, 2.45) is 0 Å². The molecule has 0 aliphatic heterocycles. The van der Waals surface area contributed by atoms with E-state index < -0.39 is 0 Å². The molecule has 0 unspecified atom stereocenters. The Bertz CT molecular complexity index is 220. The molecule has 0 saturated heterocycles. The molecule has 44 valence electrons. The van der Waals surface area contributed by atoms with Crippen molar-refractivity contribution >= 4 is 31.6 Å². The molecule has 0 aliphatic rings. The zero-order valence-electron chi connectivity index (χ0n) is 4.87. The molecular formula is C8H6Te. The van der Waals surface area contributed by atoms with Crippen molar-refractivity contribution < 1.29 is 0 Å². The third-order valence-electron chi connectivity index (χ3n) is 1.03. The second-order valence-electron chi connectivity index (χ2n) is 1.67. The van der Waals surface area contributed by atoms with Crippen molar-refractivity contribution in [2.45, 2.75) is 0 Å². The van der Waals surface area contributed by atoms with Crippen molar-refractivity contribution in [1.29, 1.82) is 0 Å². The van der Waals surface area contributed by atoms with Crippen LogP contribution in [0.4, 0.5) is 0 Å².